The average Bonchev–Trinajstić information content (AvgIpc) is 2.52. The van der Waals surface area contributed by atoms with Gasteiger partial charge in [0.05, 0.1) is 13.5 Å². The minimum Gasteiger partial charge on any atom is -0.479 e. The van der Waals surface area contributed by atoms with Crippen molar-refractivity contribution >= 4 is 5.91 Å². The van der Waals surface area contributed by atoms with E-state index in [1.807, 2.05) is 5.43 Å². The van der Waals surface area contributed by atoms with Crippen LogP contribution in [0.1, 0.15) is 5.76 Å². The number of methoxy groups -OCH3 is 1. The Labute approximate surface area is 68.6 Å². The van der Waals surface area contributed by atoms with Gasteiger partial charge in [0.1, 0.15) is 5.76 Å². The second kappa shape index (κ2) is 3.72. The van der Waals surface area contributed by atoms with Gasteiger partial charge in [0.25, 0.3) is 5.88 Å². The average molecular weight is 171 g/mol. The van der Waals surface area contributed by atoms with E-state index in [2.05, 4.69) is 5.16 Å². The van der Waals surface area contributed by atoms with Gasteiger partial charge in [-0.25, -0.2) is 5.84 Å². The van der Waals surface area contributed by atoms with Gasteiger partial charge in [-0.05, 0) is 5.16 Å². The summed E-state index contributed by atoms with van der Waals surface area (Å²) >= 11 is 0. The van der Waals surface area contributed by atoms with Gasteiger partial charge in [-0.1, -0.05) is 0 Å². The Kier molecular flexibility index (Phi) is 2.65. The quantitative estimate of drug-likeness (QED) is 0.353. The molecule has 0 spiro atoms. The first kappa shape index (κ1) is 8.54. The minimum absolute atomic E-state index is 0.0624. The summed E-state index contributed by atoms with van der Waals surface area (Å²) in [6, 6.07) is 1.52. The van der Waals surface area contributed by atoms with Gasteiger partial charge in [0, 0.05) is 6.07 Å². The van der Waals surface area contributed by atoms with Crippen LogP contribution >= 0.6 is 0 Å². The molecule has 0 saturated heterocycles. The lowest BCUT2D eigenvalue weighted by atomic mass is 10.3. The van der Waals surface area contributed by atoms with Crippen LogP contribution in [0.5, 0.6) is 5.88 Å². The highest BCUT2D eigenvalue weighted by molar-refractivity contribution is 5.77. The zero-order valence-electron chi connectivity index (χ0n) is 6.53. The van der Waals surface area contributed by atoms with Crippen molar-refractivity contribution in [3.63, 3.8) is 0 Å². The summed E-state index contributed by atoms with van der Waals surface area (Å²) < 4.78 is 9.48. The smallest absolute Gasteiger partial charge is 0.254 e. The number of nitrogens with two attached hydrogens (primary N) is 1. The summed E-state index contributed by atoms with van der Waals surface area (Å²) in [4.78, 5) is 10.7. The van der Waals surface area contributed by atoms with E-state index in [1.54, 1.807) is 0 Å². The minimum atomic E-state index is -0.339. The molecule has 1 amide bonds. The molecule has 0 atom stereocenters. The molecule has 0 aliphatic carbocycles. The summed E-state index contributed by atoms with van der Waals surface area (Å²) in [7, 11) is 1.46. The molecule has 0 saturated carbocycles. The highest BCUT2D eigenvalue weighted by atomic mass is 16.5. The molecule has 6 nitrogen and oxygen atoms in total. The van der Waals surface area contributed by atoms with Crippen LogP contribution in [0, 0.1) is 0 Å². The molecule has 1 aromatic rings. The molecule has 3 N–H and O–H groups in total. The van der Waals surface area contributed by atoms with Crippen molar-refractivity contribution < 1.29 is 14.1 Å². The monoisotopic (exact) mass is 171 g/mol. The van der Waals surface area contributed by atoms with Crippen molar-refractivity contribution in [2.75, 3.05) is 7.11 Å². The fourth-order valence-electron chi connectivity index (χ4n) is 0.683. The molecule has 0 aliphatic heterocycles. The summed E-state index contributed by atoms with van der Waals surface area (Å²) in [5, 5.41) is 3.50. The normalized spacial score (nSPS) is 9.50. The van der Waals surface area contributed by atoms with Crippen LogP contribution in [0.25, 0.3) is 0 Å². The number of amides is 1. The zero-order valence-corrected chi connectivity index (χ0v) is 6.53. The fourth-order valence-corrected chi connectivity index (χ4v) is 0.683. The lowest BCUT2D eigenvalue weighted by Crippen LogP contribution is -2.31. The van der Waals surface area contributed by atoms with Crippen molar-refractivity contribution in [3.05, 3.63) is 11.8 Å². The molecular formula is C6H9N3O3. The van der Waals surface area contributed by atoms with Gasteiger partial charge in [0.2, 0.25) is 5.91 Å². The predicted molar refractivity (Wildman–Crippen MR) is 39.1 cm³/mol. The third-order valence-corrected chi connectivity index (χ3v) is 1.24. The van der Waals surface area contributed by atoms with Crippen LogP contribution in [0.2, 0.25) is 0 Å². The Balaban J connectivity index is 2.58. The van der Waals surface area contributed by atoms with Crippen molar-refractivity contribution in [3.8, 4) is 5.88 Å². The number of hydrogen-bond acceptors (Lipinski definition) is 5. The summed E-state index contributed by atoms with van der Waals surface area (Å²) in [5.41, 5.74) is 1.97. The van der Waals surface area contributed by atoms with E-state index in [9.17, 15) is 4.79 Å². The lowest BCUT2D eigenvalue weighted by Gasteiger charge is -1.92. The molecule has 12 heavy (non-hydrogen) atoms. The molecule has 0 aromatic carbocycles. The van der Waals surface area contributed by atoms with Gasteiger partial charge < -0.3 is 9.26 Å². The molecule has 0 aliphatic rings. The number of nitrogens with one attached hydrogen (secondary N) is 1. The van der Waals surface area contributed by atoms with E-state index in [0.717, 1.165) is 0 Å². The third-order valence-electron chi connectivity index (χ3n) is 1.24. The van der Waals surface area contributed by atoms with E-state index in [1.165, 1.54) is 13.2 Å². The topological polar surface area (TPSA) is 90.4 Å². The molecule has 0 fully saturated rings. The number of hydrogen-bond donors (Lipinski definition) is 2. The van der Waals surface area contributed by atoms with E-state index < -0.39 is 0 Å². The number of ether oxygens (including phenoxy) is 1. The number of carbonyl (C=O) groups excluding carboxylic acids is 1. The maximum absolute atomic E-state index is 10.7. The first-order valence-electron chi connectivity index (χ1n) is 3.25. The fraction of sp³-hybridized carbons (Fsp3) is 0.333. The Morgan fingerprint density at radius 2 is 2.67 bits per heavy atom. The largest absolute Gasteiger partial charge is 0.479 e. The molecule has 1 heterocycles. The van der Waals surface area contributed by atoms with Crippen molar-refractivity contribution in [1.82, 2.24) is 10.6 Å². The van der Waals surface area contributed by atoms with Crippen LogP contribution in [0.3, 0.4) is 0 Å². The van der Waals surface area contributed by atoms with E-state index in [0.29, 0.717) is 11.6 Å². The Morgan fingerprint density at radius 1 is 1.92 bits per heavy atom. The van der Waals surface area contributed by atoms with E-state index in [-0.39, 0.29) is 12.3 Å². The zero-order chi connectivity index (χ0) is 8.97. The molecular weight excluding hydrogens is 162 g/mol. The number of rotatable bonds is 3. The van der Waals surface area contributed by atoms with Crippen LogP contribution in [0.15, 0.2) is 10.6 Å². The Bertz CT molecular complexity index is 271. The van der Waals surface area contributed by atoms with Gasteiger partial charge in [-0.3, -0.25) is 10.2 Å². The third kappa shape index (κ3) is 1.96. The molecule has 1 rings (SSSR count). The number of carbonyl (C=O) groups is 1. The molecule has 66 valence electrons. The summed E-state index contributed by atoms with van der Waals surface area (Å²) in [6.07, 6.45) is 0.0624. The molecule has 0 radical (unpaired) electrons. The van der Waals surface area contributed by atoms with Gasteiger partial charge in [-0.15, -0.1) is 0 Å². The van der Waals surface area contributed by atoms with Crippen molar-refractivity contribution in [1.29, 1.82) is 0 Å². The van der Waals surface area contributed by atoms with E-state index in [4.69, 9.17) is 15.1 Å². The second-order valence-electron chi connectivity index (χ2n) is 2.08. The number of nitrogens with zero attached hydrogens (tertiary/aromatic N) is 1. The second-order valence-corrected chi connectivity index (χ2v) is 2.08. The van der Waals surface area contributed by atoms with Crippen LogP contribution in [0.4, 0.5) is 0 Å². The number of aromatic nitrogens is 1. The molecule has 1 aromatic heterocycles. The first-order valence-corrected chi connectivity index (χ1v) is 3.25. The summed E-state index contributed by atoms with van der Waals surface area (Å²) in [6.45, 7) is 0. The summed E-state index contributed by atoms with van der Waals surface area (Å²) in [5.74, 6) is 5.28. The van der Waals surface area contributed by atoms with Crippen LogP contribution in [-0.2, 0) is 11.2 Å². The number of hydrazine groups is 1. The molecule has 6 heteroatoms. The van der Waals surface area contributed by atoms with Crippen molar-refractivity contribution in [2.45, 2.75) is 6.42 Å². The standard InChI is InChI=1S/C6H9N3O3/c1-11-6-3-4(12-9-6)2-5(10)8-7/h3H,2,7H2,1H3,(H,8,10). The van der Waals surface area contributed by atoms with Gasteiger partial charge >= 0.3 is 0 Å². The molecule has 0 unspecified atom stereocenters. The van der Waals surface area contributed by atoms with E-state index >= 15 is 0 Å². The highest BCUT2D eigenvalue weighted by Crippen LogP contribution is 2.10. The van der Waals surface area contributed by atoms with Crippen LogP contribution in [-0.4, -0.2) is 18.2 Å². The maximum Gasteiger partial charge on any atom is 0.254 e. The van der Waals surface area contributed by atoms with Gasteiger partial charge in [-0.2, -0.15) is 0 Å². The van der Waals surface area contributed by atoms with Crippen LogP contribution < -0.4 is 16.0 Å². The SMILES string of the molecule is COc1cc(CC(=O)NN)on1. The van der Waals surface area contributed by atoms with Gasteiger partial charge in [0.15, 0.2) is 0 Å². The Hall–Kier alpha value is -1.56. The highest BCUT2D eigenvalue weighted by Gasteiger charge is 2.07. The molecule has 0 bridgehead atoms. The van der Waals surface area contributed by atoms with Crippen molar-refractivity contribution in [2.24, 2.45) is 5.84 Å². The Morgan fingerprint density at radius 3 is 3.17 bits per heavy atom. The predicted octanol–water partition coefficient (Wildman–Crippen LogP) is -0.784. The lowest BCUT2D eigenvalue weighted by molar-refractivity contribution is -0.120. The first-order chi connectivity index (χ1) is 5.76. The maximum atomic E-state index is 10.7.